The molecular weight excluding hydrogens is 571 g/mol. The van der Waals surface area contributed by atoms with Gasteiger partial charge in [-0.15, -0.1) is 0 Å². The topological polar surface area (TPSA) is 17.1 Å². The first-order valence-corrected chi connectivity index (χ1v) is 12.3. The monoisotopic (exact) mass is 586 g/mol. The molecule has 5 heteroatoms. The number of hydrogen-bond acceptors (Lipinski definition) is 1. The van der Waals surface area contributed by atoms with Crippen LogP contribution >= 0.6 is 55.1 Å². The van der Waals surface area contributed by atoms with Gasteiger partial charge in [0.25, 0.3) is 0 Å². The molecular formula is C27H18Br2Cl2O. The molecule has 0 aromatic heterocycles. The van der Waals surface area contributed by atoms with Crippen LogP contribution in [0.4, 0.5) is 0 Å². The van der Waals surface area contributed by atoms with Crippen LogP contribution in [0.25, 0.3) is 22.3 Å². The highest BCUT2D eigenvalue weighted by Gasteiger charge is 2.15. The summed E-state index contributed by atoms with van der Waals surface area (Å²) in [4.78, 5) is 12.9. The largest absolute Gasteiger partial charge is 0.299 e. The van der Waals surface area contributed by atoms with Crippen LogP contribution in [-0.2, 0) is 17.6 Å². The summed E-state index contributed by atoms with van der Waals surface area (Å²) in [7, 11) is 0. The summed E-state index contributed by atoms with van der Waals surface area (Å²) >= 11 is 20.3. The Hall–Kier alpha value is -1.91. The minimum Gasteiger partial charge on any atom is -0.299 e. The van der Waals surface area contributed by atoms with Crippen molar-refractivity contribution in [2.45, 2.75) is 12.8 Å². The van der Waals surface area contributed by atoms with E-state index in [0.717, 1.165) is 42.3 Å². The van der Waals surface area contributed by atoms with Crippen LogP contribution in [0.15, 0.2) is 93.9 Å². The van der Waals surface area contributed by atoms with Gasteiger partial charge >= 0.3 is 0 Å². The lowest BCUT2D eigenvalue weighted by molar-refractivity contribution is -0.117. The van der Waals surface area contributed by atoms with Gasteiger partial charge in [0.05, 0.1) is 10.0 Å². The number of carbonyl (C=O) groups is 1. The predicted octanol–water partition coefficient (Wildman–Crippen LogP) is 9.21. The first-order chi connectivity index (χ1) is 15.4. The fraction of sp³-hybridized carbons (Fsp3) is 0.0741. The Bertz CT molecular complexity index is 1170. The van der Waals surface area contributed by atoms with Crippen molar-refractivity contribution in [3.05, 3.63) is 115 Å². The first-order valence-electron chi connectivity index (χ1n) is 10.0. The smallest absolute Gasteiger partial charge is 0.141 e. The van der Waals surface area contributed by atoms with Crippen LogP contribution < -0.4 is 0 Å². The van der Waals surface area contributed by atoms with Crippen LogP contribution in [0.1, 0.15) is 11.1 Å². The predicted molar refractivity (Wildman–Crippen MR) is 142 cm³/mol. The fourth-order valence-corrected chi connectivity index (χ4v) is 4.76. The van der Waals surface area contributed by atoms with Crippen molar-refractivity contribution in [1.29, 1.82) is 0 Å². The van der Waals surface area contributed by atoms with Gasteiger partial charge < -0.3 is 0 Å². The quantitative estimate of drug-likeness (QED) is 0.219. The molecule has 0 heterocycles. The van der Waals surface area contributed by atoms with E-state index in [-0.39, 0.29) is 18.6 Å². The minimum atomic E-state index is 0.0645. The Labute approximate surface area is 214 Å². The summed E-state index contributed by atoms with van der Waals surface area (Å²) in [6.45, 7) is 0. The number of rotatable bonds is 6. The highest BCUT2D eigenvalue weighted by atomic mass is 79.9. The molecule has 0 saturated carbocycles. The Morgan fingerprint density at radius 3 is 1.34 bits per heavy atom. The van der Waals surface area contributed by atoms with Crippen molar-refractivity contribution < 1.29 is 4.79 Å². The maximum absolute atomic E-state index is 12.9. The van der Waals surface area contributed by atoms with E-state index in [1.807, 2.05) is 84.9 Å². The van der Waals surface area contributed by atoms with E-state index in [2.05, 4.69) is 31.9 Å². The minimum absolute atomic E-state index is 0.0645. The lowest BCUT2D eigenvalue weighted by atomic mass is 9.96. The molecule has 0 bridgehead atoms. The molecule has 0 spiro atoms. The average molecular weight is 589 g/mol. The molecule has 0 aliphatic heterocycles. The first kappa shape index (κ1) is 23.3. The molecule has 160 valence electrons. The van der Waals surface area contributed by atoms with Gasteiger partial charge in [0.15, 0.2) is 0 Å². The van der Waals surface area contributed by atoms with Crippen molar-refractivity contribution in [1.82, 2.24) is 0 Å². The number of carbonyl (C=O) groups excluding carboxylic acids is 1. The van der Waals surface area contributed by atoms with Crippen LogP contribution in [-0.4, -0.2) is 5.78 Å². The molecule has 0 unspecified atom stereocenters. The van der Waals surface area contributed by atoms with Gasteiger partial charge in [0.1, 0.15) is 5.78 Å². The van der Waals surface area contributed by atoms with Crippen molar-refractivity contribution in [3.8, 4) is 22.3 Å². The second-order valence-corrected chi connectivity index (χ2v) is 10.1. The molecule has 0 aliphatic carbocycles. The zero-order chi connectivity index (χ0) is 22.7. The SMILES string of the molecule is O=C(Cc1cccc(-c2ccc(Br)cc2)c1Cl)Cc1cccc(-c2ccc(Br)cc2)c1Cl. The van der Waals surface area contributed by atoms with Crippen LogP contribution in [0, 0.1) is 0 Å². The summed E-state index contributed by atoms with van der Waals surface area (Å²) in [6.07, 6.45) is 0.504. The zero-order valence-electron chi connectivity index (χ0n) is 16.9. The lowest BCUT2D eigenvalue weighted by Gasteiger charge is -2.12. The molecule has 0 fully saturated rings. The Kier molecular flexibility index (Phi) is 7.52. The Morgan fingerprint density at radius 1 is 0.594 bits per heavy atom. The molecule has 4 rings (SSSR count). The van der Waals surface area contributed by atoms with Crippen molar-refractivity contribution in [2.24, 2.45) is 0 Å². The van der Waals surface area contributed by atoms with E-state index in [1.165, 1.54) is 0 Å². The summed E-state index contributed by atoms with van der Waals surface area (Å²) in [5.74, 6) is 0.0645. The van der Waals surface area contributed by atoms with Crippen molar-refractivity contribution in [2.75, 3.05) is 0 Å². The molecule has 0 radical (unpaired) electrons. The Balaban J connectivity index is 1.55. The van der Waals surface area contributed by atoms with E-state index in [1.54, 1.807) is 0 Å². The van der Waals surface area contributed by atoms with Gasteiger partial charge in [0.2, 0.25) is 0 Å². The normalized spacial score (nSPS) is 10.9. The van der Waals surface area contributed by atoms with Gasteiger partial charge in [-0.3, -0.25) is 4.79 Å². The molecule has 0 aliphatic rings. The molecule has 32 heavy (non-hydrogen) atoms. The van der Waals surface area contributed by atoms with E-state index in [4.69, 9.17) is 23.2 Å². The summed E-state index contributed by atoms with van der Waals surface area (Å²) in [5.41, 5.74) is 5.49. The Morgan fingerprint density at radius 2 is 0.969 bits per heavy atom. The zero-order valence-corrected chi connectivity index (χ0v) is 21.6. The van der Waals surface area contributed by atoms with Gasteiger partial charge in [0, 0.05) is 32.9 Å². The fourth-order valence-electron chi connectivity index (χ4n) is 3.62. The number of halogens is 4. The summed E-state index contributed by atoms with van der Waals surface area (Å²) < 4.78 is 2.01. The standard InChI is InChI=1S/C27H18Br2Cl2O/c28-21-11-7-17(8-12-21)24-5-1-3-19(26(24)30)15-23(32)16-20-4-2-6-25(27(20)31)18-9-13-22(29)14-10-18/h1-14H,15-16H2. The van der Waals surface area contributed by atoms with Gasteiger partial charge in [-0.2, -0.15) is 0 Å². The molecule has 0 amide bonds. The molecule has 0 atom stereocenters. The number of Topliss-reactive ketones (excluding diaryl/α,β-unsaturated/α-hetero) is 1. The molecule has 1 nitrogen and oxygen atoms in total. The van der Waals surface area contributed by atoms with Crippen LogP contribution in [0.3, 0.4) is 0 Å². The number of benzene rings is 4. The van der Waals surface area contributed by atoms with E-state index >= 15 is 0 Å². The second-order valence-electron chi connectivity index (χ2n) is 7.46. The average Bonchev–Trinajstić information content (AvgIpc) is 2.78. The van der Waals surface area contributed by atoms with E-state index < -0.39 is 0 Å². The number of ketones is 1. The van der Waals surface area contributed by atoms with Crippen LogP contribution in [0.5, 0.6) is 0 Å². The highest BCUT2D eigenvalue weighted by Crippen LogP contribution is 2.34. The molecule has 4 aromatic carbocycles. The third-order valence-corrected chi connectivity index (χ3v) is 7.19. The van der Waals surface area contributed by atoms with E-state index in [9.17, 15) is 4.79 Å². The van der Waals surface area contributed by atoms with Gasteiger partial charge in [-0.25, -0.2) is 0 Å². The lowest BCUT2D eigenvalue weighted by Crippen LogP contribution is -2.08. The summed E-state index contributed by atoms with van der Waals surface area (Å²) in [6, 6.07) is 27.5. The highest BCUT2D eigenvalue weighted by molar-refractivity contribution is 9.10. The van der Waals surface area contributed by atoms with Gasteiger partial charge in [-0.1, -0.05) is 116 Å². The molecule has 0 saturated heterocycles. The third kappa shape index (κ3) is 5.35. The second kappa shape index (κ2) is 10.4. The maximum Gasteiger partial charge on any atom is 0.141 e. The van der Waals surface area contributed by atoms with Crippen molar-refractivity contribution in [3.63, 3.8) is 0 Å². The third-order valence-electron chi connectivity index (χ3n) is 5.24. The van der Waals surface area contributed by atoms with E-state index in [0.29, 0.717) is 10.0 Å². The molecule has 0 N–H and O–H groups in total. The molecule has 4 aromatic rings. The van der Waals surface area contributed by atoms with Crippen LogP contribution in [0.2, 0.25) is 10.0 Å². The van der Waals surface area contributed by atoms with Gasteiger partial charge in [-0.05, 0) is 46.5 Å². The maximum atomic E-state index is 12.9. The number of hydrogen-bond donors (Lipinski definition) is 0. The summed E-state index contributed by atoms with van der Waals surface area (Å²) in [5, 5.41) is 1.22. The van der Waals surface area contributed by atoms with Crippen molar-refractivity contribution >= 4 is 60.8 Å².